The first-order valence-corrected chi connectivity index (χ1v) is 22.8. The minimum absolute atomic E-state index is 0.283. The monoisotopic (exact) mass is 854 g/mol. The molecule has 0 unspecified atom stereocenters. The van der Waals surface area contributed by atoms with Gasteiger partial charge in [0, 0.05) is 39.3 Å². The van der Waals surface area contributed by atoms with Crippen molar-refractivity contribution in [3.63, 3.8) is 0 Å². The fourth-order valence-corrected chi connectivity index (χ4v) is 9.20. The Bertz CT molecular complexity index is 2410. The van der Waals surface area contributed by atoms with E-state index in [1.54, 1.807) is 12.1 Å². The second-order valence-electron chi connectivity index (χ2n) is 16.9. The number of aromatic hydroxyl groups is 2. The van der Waals surface area contributed by atoms with Gasteiger partial charge in [-0.15, -0.1) is 0 Å². The van der Waals surface area contributed by atoms with Crippen molar-refractivity contribution < 1.29 is 29.2 Å². The first-order chi connectivity index (χ1) is 31.5. The van der Waals surface area contributed by atoms with Gasteiger partial charge in [-0.25, -0.2) is 0 Å². The Labute approximate surface area is 377 Å². The molecule has 2 aliphatic heterocycles. The van der Waals surface area contributed by atoms with Crippen LogP contribution in [0, 0.1) is 0 Å². The molecule has 10 rings (SSSR count). The number of aryl methyl sites for hydroxylation is 4. The quantitative estimate of drug-likeness (QED) is 0.141. The average Bonchev–Trinajstić information content (AvgIpc) is 3.57. The number of rotatable bonds is 10. The van der Waals surface area contributed by atoms with Crippen LogP contribution in [0.4, 0.5) is 0 Å². The number of morpholine rings is 2. The molecular formula is C56H58N2O6. The Kier molecular flexibility index (Phi) is 14.2. The van der Waals surface area contributed by atoms with Crippen molar-refractivity contribution in [1.82, 2.24) is 9.80 Å². The Balaban J connectivity index is 0.000000162. The summed E-state index contributed by atoms with van der Waals surface area (Å²) in [4.78, 5) is 4.78. The van der Waals surface area contributed by atoms with Crippen molar-refractivity contribution in [1.29, 1.82) is 0 Å². The molecule has 2 fully saturated rings. The summed E-state index contributed by atoms with van der Waals surface area (Å²) in [6.07, 6.45) is 8.31. The lowest BCUT2D eigenvalue weighted by atomic mass is 9.92. The van der Waals surface area contributed by atoms with Gasteiger partial charge in [0.05, 0.1) is 26.4 Å². The van der Waals surface area contributed by atoms with Crippen molar-refractivity contribution in [3.8, 4) is 23.0 Å². The molecule has 4 aliphatic rings. The lowest BCUT2D eigenvalue weighted by Gasteiger charge is -2.26. The van der Waals surface area contributed by atoms with Gasteiger partial charge in [-0.3, -0.25) is 9.80 Å². The number of ether oxygens (including phenoxy) is 4. The molecule has 0 spiro atoms. The zero-order valence-electron chi connectivity index (χ0n) is 36.6. The van der Waals surface area contributed by atoms with Crippen LogP contribution in [0.3, 0.4) is 0 Å². The molecule has 0 radical (unpaired) electrons. The Morgan fingerprint density at radius 1 is 0.438 bits per heavy atom. The highest BCUT2D eigenvalue weighted by Gasteiger charge is 2.21. The summed E-state index contributed by atoms with van der Waals surface area (Å²) < 4.78 is 23.1. The van der Waals surface area contributed by atoms with Crippen LogP contribution in [0.25, 0.3) is 23.3 Å². The van der Waals surface area contributed by atoms with Gasteiger partial charge >= 0.3 is 0 Å². The zero-order valence-corrected chi connectivity index (χ0v) is 36.6. The molecule has 0 amide bonds. The number of hydrogen-bond donors (Lipinski definition) is 2. The van der Waals surface area contributed by atoms with E-state index in [1.807, 2.05) is 36.4 Å². The summed E-state index contributed by atoms with van der Waals surface area (Å²) in [7, 11) is 0. The molecule has 0 bridgehead atoms. The molecule has 2 aliphatic carbocycles. The molecule has 6 aromatic rings. The van der Waals surface area contributed by atoms with E-state index in [4.69, 9.17) is 18.9 Å². The van der Waals surface area contributed by atoms with Crippen molar-refractivity contribution in [2.24, 2.45) is 0 Å². The molecule has 2 saturated heterocycles. The van der Waals surface area contributed by atoms with Gasteiger partial charge in [0.25, 0.3) is 0 Å². The fraction of sp³-hybridized carbons (Fsp3) is 0.286. The summed E-state index contributed by atoms with van der Waals surface area (Å²) in [5.41, 5.74) is 14.7. The highest BCUT2D eigenvalue weighted by atomic mass is 16.5. The Hall–Kier alpha value is -6.16. The van der Waals surface area contributed by atoms with Gasteiger partial charge in [-0.2, -0.15) is 0 Å². The summed E-state index contributed by atoms with van der Waals surface area (Å²) in [5.74, 6) is 2.43. The normalized spacial score (nSPS) is 17.4. The van der Waals surface area contributed by atoms with E-state index in [-0.39, 0.29) is 11.5 Å². The molecule has 6 aromatic carbocycles. The number of phenolic OH excluding ortho intramolecular Hbond substituents is 2. The molecule has 8 heteroatoms. The topological polar surface area (TPSA) is 83.9 Å². The Morgan fingerprint density at radius 2 is 0.844 bits per heavy atom. The van der Waals surface area contributed by atoms with E-state index in [1.165, 1.54) is 55.7 Å². The van der Waals surface area contributed by atoms with Crippen molar-refractivity contribution >= 4 is 23.3 Å². The lowest BCUT2D eigenvalue weighted by Crippen LogP contribution is -2.38. The van der Waals surface area contributed by atoms with Gasteiger partial charge in [0.15, 0.2) is 0 Å². The van der Waals surface area contributed by atoms with Crippen molar-refractivity contribution in [3.05, 3.63) is 189 Å². The third-order valence-corrected chi connectivity index (χ3v) is 12.6. The van der Waals surface area contributed by atoms with E-state index >= 15 is 0 Å². The molecule has 0 atom stereocenters. The van der Waals surface area contributed by atoms with E-state index in [0.29, 0.717) is 13.2 Å². The number of nitrogens with zero attached hydrogens (tertiary/aromatic N) is 2. The fourth-order valence-electron chi connectivity index (χ4n) is 9.20. The minimum atomic E-state index is 0.283. The van der Waals surface area contributed by atoms with Crippen LogP contribution in [0.5, 0.6) is 23.0 Å². The van der Waals surface area contributed by atoms with Crippen LogP contribution >= 0.6 is 0 Å². The van der Waals surface area contributed by atoms with Gasteiger partial charge in [-0.1, -0.05) is 84.9 Å². The van der Waals surface area contributed by atoms with Crippen LogP contribution in [-0.4, -0.2) is 98.9 Å². The average molecular weight is 855 g/mol. The van der Waals surface area contributed by atoms with Crippen LogP contribution in [0.2, 0.25) is 0 Å². The molecule has 2 N–H and O–H groups in total. The summed E-state index contributed by atoms with van der Waals surface area (Å²) in [5, 5.41) is 19.9. The predicted octanol–water partition coefficient (Wildman–Crippen LogP) is 9.58. The van der Waals surface area contributed by atoms with Crippen LogP contribution in [0.15, 0.2) is 133 Å². The third-order valence-electron chi connectivity index (χ3n) is 12.6. The molecule has 8 nitrogen and oxygen atoms in total. The van der Waals surface area contributed by atoms with Crippen molar-refractivity contribution in [2.45, 2.75) is 25.7 Å². The minimum Gasteiger partial charge on any atom is -0.508 e. The van der Waals surface area contributed by atoms with E-state index in [0.717, 1.165) is 114 Å². The van der Waals surface area contributed by atoms with E-state index in [2.05, 4.69) is 107 Å². The number of phenols is 2. The van der Waals surface area contributed by atoms with E-state index < -0.39 is 0 Å². The van der Waals surface area contributed by atoms with Gasteiger partial charge in [0.1, 0.15) is 36.2 Å². The maximum Gasteiger partial charge on any atom is 0.119 e. The van der Waals surface area contributed by atoms with Crippen LogP contribution < -0.4 is 9.47 Å². The SMILES string of the molecule is Oc1cccc(/C=C2/c3ccccc3CCc3cc(OCCN4CCOCC4)ccc32)c1.Oc1cccc(/C=C2\c3ccccc3CCc3cc(OCCN4CCOCC4)ccc32)c1. The van der Waals surface area contributed by atoms with Crippen LogP contribution in [0.1, 0.15) is 55.6 Å². The summed E-state index contributed by atoms with van der Waals surface area (Å²) in [6.45, 7) is 10.4. The largest absolute Gasteiger partial charge is 0.508 e. The second-order valence-corrected chi connectivity index (χ2v) is 16.9. The molecule has 64 heavy (non-hydrogen) atoms. The standard InChI is InChI=1S/2C28H29NO3/c2*30-24-6-3-4-21(18-24)19-28-26-7-2-1-5-22(26)8-9-23-20-25(10-11-27(23)28)32-17-14-29-12-15-31-16-13-29/h2*1-7,10-11,18-20,30H,8-9,12-17H2/b28-19+;28-19-. The molecular weight excluding hydrogens is 797 g/mol. The predicted molar refractivity (Wildman–Crippen MR) is 256 cm³/mol. The first kappa shape index (κ1) is 43.1. The van der Waals surface area contributed by atoms with Crippen molar-refractivity contribution in [2.75, 3.05) is 78.9 Å². The number of benzene rings is 6. The highest BCUT2D eigenvalue weighted by molar-refractivity contribution is 5.95. The number of hydrogen-bond acceptors (Lipinski definition) is 8. The van der Waals surface area contributed by atoms with Gasteiger partial charge in [0.2, 0.25) is 0 Å². The maximum atomic E-state index is 9.95. The number of fused-ring (bicyclic) bond motifs is 4. The summed E-state index contributed by atoms with van der Waals surface area (Å²) >= 11 is 0. The second kappa shape index (κ2) is 21.0. The lowest BCUT2D eigenvalue weighted by molar-refractivity contribution is 0.0321. The molecule has 0 aromatic heterocycles. The third kappa shape index (κ3) is 11.0. The molecule has 328 valence electrons. The van der Waals surface area contributed by atoms with Crippen LogP contribution in [-0.2, 0) is 35.2 Å². The van der Waals surface area contributed by atoms with Gasteiger partial charge in [-0.05, 0) is 153 Å². The van der Waals surface area contributed by atoms with E-state index in [9.17, 15) is 10.2 Å². The maximum absolute atomic E-state index is 9.95. The zero-order chi connectivity index (χ0) is 43.5. The molecule has 2 heterocycles. The smallest absolute Gasteiger partial charge is 0.119 e. The first-order valence-electron chi connectivity index (χ1n) is 22.8. The van der Waals surface area contributed by atoms with Gasteiger partial charge < -0.3 is 29.2 Å². The highest BCUT2D eigenvalue weighted by Crippen LogP contribution is 2.38. The summed E-state index contributed by atoms with van der Waals surface area (Å²) in [6, 6.07) is 45.1. The Morgan fingerprint density at radius 3 is 1.28 bits per heavy atom. The molecule has 0 saturated carbocycles.